The van der Waals surface area contributed by atoms with Gasteiger partial charge in [-0.2, -0.15) is 0 Å². The van der Waals surface area contributed by atoms with Crippen molar-refractivity contribution in [2.75, 3.05) is 19.3 Å². The van der Waals surface area contributed by atoms with Gasteiger partial charge in [-0.15, -0.1) is 0 Å². The number of hydrogen-bond donors (Lipinski definition) is 0. The molecular formula is C15H19ClFNO3S. The molecule has 1 aromatic rings. The lowest BCUT2D eigenvalue weighted by atomic mass is 10.1. The minimum atomic E-state index is -3.03. The zero-order chi connectivity index (χ0) is 16.3. The second-order valence-corrected chi connectivity index (χ2v) is 8.39. The highest BCUT2D eigenvalue weighted by Gasteiger charge is 2.28. The zero-order valence-corrected chi connectivity index (χ0v) is 14.0. The van der Waals surface area contributed by atoms with Crippen LogP contribution in [0.2, 0.25) is 5.02 Å². The van der Waals surface area contributed by atoms with Crippen molar-refractivity contribution >= 4 is 27.3 Å². The van der Waals surface area contributed by atoms with E-state index in [-0.39, 0.29) is 16.2 Å². The van der Waals surface area contributed by atoms with Crippen molar-refractivity contribution in [1.29, 1.82) is 0 Å². The highest BCUT2D eigenvalue weighted by Crippen LogP contribution is 2.20. The van der Waals surface area contributed by atoms with E-state index in [4.69, 9.17) is 11.6 Å². The fourth-order valence-corrected chi connectivity index (χ4v) is 3.91. The van der Waals surface area contributed by atoms with Gasteiger partial charge in [0.05, 0.1) is 10.3 Å². The van der Waals surface area contributed by atoms with Crippen LogP contribution in [0.5, 0.6) is 0 Å². The summed E-state index contributed by atoms with van der Waals surface area (Å²) in [5.74, 6) is -0.480. The Morgan fingerprint density at radius 2 is 2.00 bits per heavy atom. The van der Waals surface area contributed by atoms with Crippen LogP contribution in [0.15, 0.2) is 18.2 Å². The molecule has 1 heterocycles. The summed E-state index contributed by atoms with van der Waals surface area (Å²) >= 11 is 5.71. The summed E-state index contributed by atoms with van der Waals surface area (Å²) in [6, 6.07) is 4.43. The predicted octanol–water partition coefficient (Wildman–Crippen LogP) is 2.45. The van der Waals surface area contributed by atoms with E-state index in [1.807, 2.05) is 0 Å². The van der Waals surface area contributed by atoms with Crippen molar-refractivity contribution in [3.8, 4) is 0 Å². The van der Waals surface area contributed by atoms with Crippen molar-refractivity contribution < 1.29 is 17.6 Å². The van der Waals surface area contributed by atoms with Crippen LogP contribution in [0, 0.1) is 5.82 Å². The van der Waals surface area contributed by atoms with E-state index < -0.39 is 15.7 Å². The van der Waals surface area contributed by atoms with Crippen molar-refractivity contribution in [3.63, 3.8) is 0 Å². The first-order chi connectivity index (χ1) is 10.3. The number of nitrogens with zero attached hydrogens (tertiary/aromatic N) is 1. The summed E-state index contributed by atoms with van der Waals surface area (Å²) in [5.41, 5.74) is 0.811. The van der Waals surface area contributed by atoms with Gasteiger partial charge in [0.1, 0.15) is 15.7 Å². The molecule has 1 aliphatic heterocycles. The van der Waals surface area contributed by atoms with Gasteiger partial charge in [0.15, 0.2) is 0 Å². The van der Waals surface area contributed by atoms with Gasteiger partial charge >= 0.3 is 0 Å². The summed E-state index contributed by atoms with van der Waals surface area (Å²) in [7, 11) is -3.03. The topological polar surface area (TPSA) is 54.5 Å². The monoisotopic (exact) mass is 347 g/mol. The molecule has 1 amide bonds. The highest BCUT2D eigenvalue weighted by molar-refractivity contribution is 7.91. The van der Waals surface area contributed by atoms with E-state index in [1.54, 1.807) is 11.0 Å². The third-order valence-electron chi connectivity index (χ3n) is 4.01. The number of hydrogen-bond acceptors (Lipinski definition) is 3. The number of sulfone groups is 1. The number of carbonyl (C=O) groups is 1. The van der Waals surface area contributed by atoms with Crippen molar-refractivity contribution in [2.45, 2.75) is 30.9 Å². The van der Waals surface area contributed by atoms with Crippen molar-refractivity contribution in [2.24, 2.45) is 0 Å². The maximum atomic E-state index is 13.1. The minimum absolute atomic E-state index is 0.00704. The van der Waals surface area contributed by atoms with E-state index in [9.17, 15) is 17.6 Å². The number of carbonyl (C=O) groups excluding carboxylic acids is 1. The fraction of sp³-hybridized carbons (Fsp3) is 0.533. The van der Waals surface area contributed by atoms with E-state index in [2.05, 4.69) is 0 Å². The molecule has 0 bridgehead atoms. The summed E-state index contributed by atoms with van der Waals surface area (Å²) in [5, 5.41) is -0.286. The van der Waals surface area contributed by atoms with Crippen molar-refractivity contribution in [3.05, 3.63) is 34.6 Å². The Bertz CT molecular complexity index is 655. The molecule has 0 atom stereocenters. The Kier molecular flexibility index (Phi) is 5.45. The second kappa shape index (κ2) is 6.96. The van der Waals surface area contributed by atoms with Gasteiger partial charge in [-0.1, -0.05) is 17.7 Å². The van der Waals surface area contributed by atoms with Gasteiger partial charge in [-0.25, -0.2) is 12.8 Å². The largest absolute Gasteiger partial charge is 0.343 e. The Balaban J connectivity index is 1.85. The van der Waals surface area contributed by atoms with Gasteiger partial charge in [-0.05, 0) is 37.0 Å². The molecule has 0 aromatic heterocycles. The van der Waals surface area contributed by atoms with Crippen LogP contribution in [0.4, 0.5) is 4.39 Å². The number of amides is 1. The molecule has 22 heavy (non-hydrogen) atoms. The van der Waals surface area contributed by atoms with Gasteiger partial charge in [0.2, 0.25) is 5.91 Å². The average Bonchev–Trinajstić information content (AvgIpc) is 2.47. The average molecular weight is 348 g/mol. The summed E-state index contributed by atoms with van der Waals surface area (Å²) in [6.07, 6.45) is 3.03. The maximum absolute atomic E-state index is 13.1. The Hall–Kier alpha value is -1.14. The molecule has 0 saturated carbocycles. The molecule has 1 saturated heterocycles. The summed E-state index contributed by atoms with van der Waals surface area (Å²) < 4.78 is 36.0. The number of aryl methyl sites for hydroxylation is 1. The number of likely N-dealkylation sites (tertiary alicyclic amines) is 1. The molecule has 0 spiro atoms. The lowest BCUT2D eigenvalue weighted by molar-refractivity contribution is -0.132. The first kappa shape index (κ1) is 17.2. The second-order valence-electron chi connectivity index (χ2n) is 5.66. The van der Waals surface area contributed by atoms with Gasteiger partial charge in [0.25, 0.3) is 0 Å². The summed E-state index contributed by atoms with van der Waals surface area (Å²) in [4.78, 5) is 13.9. The fourth-order valence-electron chi connectivity index (χ4n) is 2.64. The van der Waals surface area contributed by atoms with Crippen LogP contribution in [-0.2, 0) is 21.1 Å². The highest BCUT2D eigenvalue weighted by atomic mass is 35.5. The maximum Gasteiger partial charge on any atom is 0.222 e. The van der Waals surface area contributed by atoms with Gasteiger partial charge < -0.3 is 4.90 Å². The quantitative estimate of drug-likeness (QED) is 0.840. The van der Waals surface area contributed by atoms with Crippen molar-refractivity contribution in [1.82, 2.24) is 4.90 Å². The van der Waals surface area contributed by atoms with Crippen LogP contribution in [-0.4, -0.2) is 43.8 Å². The standard InChI is InChI=1S/C15H19ClFNO3S/c1-22(20,21)12-6-8-18(9-7-12)15(19)5-3-11-2-4-14(17)13(16)10-11/h2,4,10,12H,3,5-9H2,1H3. The molecule has 0 unspecified atom stereocenters. The molecule has 0 N–H and O–H groups in total. The lowest BCUT2D eigenvalue weighted by Crippen LogP contribution is -2.42. The molecule has 7 heteroatoms. The molecule has 0 radical (unpaired) electrons. The minimum Gasteiger partial charge on any atom is -0.343 e. The smallest absolute Gasteiger partial charge is 0.222 e. The molecule has 2 rings (SSSR count). The van der Waals surface area contributed by atoms with E-state index in [0.29, 0.717) is 38.8 Å². The molecular weight excluding hydrogens is 329 g/mol. The van der Waals surface area contributed by atoms with Crippen LogP contribution in [0.1, 0.15) is 24.8 Å². The number of halogens is 2. The molecule has 122 valence electrons. The number of rotatable bonds is 4. The molecule has 0 aliphatic carbocycles. The first-order valence-electron chi connectivity index (χ1n) is 7.18. The summed E-state index contributed by atoms with van der Waals surface area (Å²) in [6.45, 7) is 0.946. The van der Waals surface area contributed by atoms with E-state index in [1.165, 1.54) is 18.4 Å². The normalized spacial score (nSPS) is 16.8. The lowest BCUT2D eigenvalue weighted by Gasteiger charge is -2.31. The molecule has 4 nitrogen and oxygen atoms in total. The van der Waals surface area contributed by atoms with Gasteiger partial charge in [-0.3, -0.25) is 4.79 Å². The number of benzene rings is 1. The third kappa shape index (κ3) is 4.43. The zero-order valence-electron chi connectivity index (χ0n) is 12.4. The molecule has 1 aromatic carbocycles. The number of piperidine rings is 1. The SMILES string of the molecule is CS(=O)(=O)C1CCN(C(=O)CCc2ccc(F)c(Cl)c2)CC1. The van der Waals surface area contributed by atoms with Crippen LogP contribution in [0.3, 0.4) is 0 Å². The van der Waals surface area contributed by atoms with Crippen LogP contribution in [0.25, 0.3) is 0 Å². The predicted molar refractivity (Wildman–Crippen MR) is 84.2 cm³/mol. The van der Waals surface area contributed by atoms with E-state index in [0.717, 1.165) is 5.56 Å². The van der Waals surface area contributed by atoms with Gasteiger partial charge in [0, 0.05) is 25.8 Å². The Morgan fingerprint density at radius 1 is 1.36 bits per heavy atom. The Morgan fingerprint density at radius 3 is 2.55 bits per heavy atom. The molecule has 1 fully saturated rings. The third-order valence-corrected chi connectivity index (χ3v) is 5.98. The van der Waals surface area contributed by atoms with Crippen LogP contribution < -0.4 is 0 Å². The first-order valence-corrected chi connectivity index (χ1v) is 9.51. The Labute approximate surface area is 135 Å². The van der Waals surface area contributed by atoms with E-state index >= 15 is 0 Å². The van der Waals surface area contributed by atoms with Crippen LogP contribution >= 0.6 is 11.6 Å². The molecule has 1 aliphatic rings.